The van der Waals surface area contributed by atoms with Crippen LogP contribution < -0.4 is 0 Å². The molecule has 1 amide bonds. The van der Waals surface area contributed by atoms with E-state index in [1.165, 1.54) is 0 Å². The van der Waals surface area contributed by atoms with Crippen molar-refractivity contribution in [1.82, 2.24) is 4.90 Å². The Morgan fingerprint density at radius 1 is 1.00 bits per heavy atom. The molecule has 124 valence electrons. The van der Waals surface area contributed by atoms with Crippen LogP contribution in [0, 0.1) is 23.2 Å². The molecule has 0 saturated carbocycles. The Kier molecular flexibility index (Phi) is 7.98. The van der Waals surface area contributed by atoms with Gasteiger partial charge in [-0.15, -0.1) is 0 Å². The monoisotopic (exact) mass is 299 g/mol. The van der Waals surface area contributed by atoms with Crippen molar-refractivity contribution in [2.75, 3.05) is 19.7 Å². The standard InChI is InChI=1S/C17H33NO3/c1-9-21-16(20)14(17(6,7)8)15(19)18(10-12(2)3)11-13(4)5/h12-14H,9-11H2,1-8H3. The van der Waals surface area contributed by atoms with Crippen LogP contribution in [0.15, 0.2) is 0 Å². The topological polar surface area (TPSA) is 46.6 Å². The summed E-state index contributed by atoms with van der Waals surface area (Å²) in [6, 6.07) is 0. The fourth-order valence-electron chi connectivity index (χ4n) is 2.37. The largest absolute Gasteiger partial charge is 0.465 e. The molecular formula is C17H33NO3. The molecule has 1 unspecified atom stereocenters. The molecule has 0 aromatic rings. The minimum Gasteiger partial charge on any atom is -0.465 e. The van der Waals surface area contributed by atoms with Crippen LogP contribution in [0.1, 0.15) is 55.4 Å². The third-order valence-corrected chi connectivity index (χ3v) is 3.12. The second kappa shape index (κ2) is 8.40. The summed E-state index contributed by atoms with van der Waals surface area (Å²) in [6.07, 6.45) is 0. The molecule has 4 heteroatoms. The Morgan fingerprint density at radius 2 is 1.43 bits per heavy atom. The summed E-state index contributed by atoms with van der Waals surface area (Å²) in [6.45, 7) is 17.5. The molecule has 0 saturated heterocycles. The molecule has 1 atom stereocenters. The van der Waals surface area contributed by atoms with Gasteiger partial charge in [-0.3, -0.25) is 9.59 Å². The maximum Gasteiger partial charge on any atom is 0.319 e. The zero-order chi connectivity index (χ0) is 16.8. The minimum atomic E-state index is -0.741. The average Bonchev–Trinajstić information content (AvgIpc) is 2.25. The van der Waals surface area contributed by atoms with E-state index < -0.39 is 17.3 Å². The molecule has 21 heavy (non-hydrogen) atoms. The number of esters is 1. The van der Waals surface area contributed by atoms with Crippen molar-refractivity contribution in [3.8, 4) is 0 Å². The Balaban J connectivity index is 5.33. The van der Waals surface area contributed by atoms with Crippen LogP contribution in [0.4, 0.5) is 0 Å². The SMILES string of the molecule is CCOC(=O)C(C(=O)N(CC(C)C)CC(C)C)C(C)(C)C. The molecule has 0 aromatic carbocycles. The smallest absolute Gasteiger partial charge is 0.319 e. The summed E-state index contributed by atoms with van der Waals surface area (Å²) in [7, 11) is 0. The number of carbonyl (C=O) groups is 2. The van der Waals surface area contributed by atoms with Gasteiger partial charge in [0.2, 0.25) is 5.91 Å². The van der Waals surface area contributed by atoms with Crippen molar-refractivity contribution in [3.05, 3.63) is 0 Å². The van der Waals surface area contributed by atoms with Crippen LogP contribution in [-0.4, -0.2) is 36.5 Å². The van der Waals surface area contributed by atoms with Crippen LogP contribution in [-0.2, 0) is 14.3 Å². The maximum atomic E-state index is 12.9. The van der Waals surface area contributed by atoms with Crippen molar-refractivity contribution < 1.29 is 14.3 Å². The third-order valence-electron chi connectivity index (χ3n) is 3.12. The zero-order valence-corrected chi connectivity index (χ0v) is 15.0. The maximum absolute atomic E-state index is 12.9. The van der Waals surface area contributed by atoms with Gasteiger partial charge < -0.3 is 9.64 Å². The van der Waals surface area contributed by atoms with Crippen molar-refractivity contribution in [2.45, 2.75) is 55.4 Å². The summed E-state index contributed by atoms with van der Waals surface area (Å²) in [5.74, 6) is -0.517. The van der Waals surface area contributed by atoms with Crippen LogP contribution in [0.25, 0.3) is 0 Å². The van der Waals surface area contributed by atoms with E-state index >= 15 is 0 Å². The fourth-order valence-corrected chi connectivity index (χ4v) is 2.37. The molecule has 0 aliphatic heterocycles. The van der Waals surface area contributed by atoms with Gasteiger partial charge in [0.15, 0.2) is 0 Å². The van der Waals surface area contributed by atoms with E-state index in [9.17, 15) is 9.59 Å². The highest BCUT2D eigenvalue weighted by Gasteiger charge is 2.41. The van der Waals surface area contributed by atoms with Gasteiger partial charge in [0, 0.05) is 13.1 Å². The van der Waals surface area contributed by atoms with Gasteiger partial charge in [-0.2, -0.15) is 0 Å². The van der Waals surface area contributed by atoms with E-state index in [-0.39, 0.29) is 5.91 Å². The summed E-state index contributed by atoms with van der Waals surface area (Å²) in [5, 5.41) is 0. The Hall–Kier alpha value is -1.06. The van der Waals surface area contributed by atoms with Gasteiger partial charge in [-0.25, -0.2) is 0 Å². The lowest BCUT2D eigenvalue weighted by molar-refractivity contribution is -0.161. The first-order chi connectivity index (χ1) is 9.50. The molecule has 0 aromatic heterocycles. The second-order valence-electron chi connectivity index (χ2n) is 7.58. The average molecular weight is 299 g/mol. The van der Waals surface area contributed by atoms with Crippen LogP contribution >= 0.6 is 0 Å². The van der Waals surface area contributed by atoms with E-state index in [4.69, 9.17) is 4.74 Å². The number of nitrogens with zero attached hydrogens (tertiary/aromatic N) is 1. The van der Waals surface area contributed by atoms with Crippen LogP contribution in [0.5, 0.6) is 0 Å². The predicted molar refractivity (Wildman–Crippen MR) is 85.8 cm³/mol. The van der Waals surface area contributed by atoms with Gasteiger partial charge in [0.25, 0.3) is 0 Å². The van der Waals surface area contributed by atoms with Gasteiger partial charge in [-0.1, -0.05) is 48.5 Å². The molecule has 0 rings (SSSR count). The summed E-state index contributed by atoms with van der Waals surface area (Å²) in [4.78, 5) is 27.0. The highest BCUT2D eigenvalue weighted by molar-refractivity contribution is 5.98. The van der Waals surface area contributed by atoms with Gasteiger partial charge >= 0.3 is 5.97 Å². The van der Waals surface area contributed by atoms with E-state index in [1.54, 1.807) is 6.92 Å². The molecule has 0 heterocycles. The number of hydrogen-bond donors (Lipinski definition) is 0. The quantitative estimate of drug-likeness (QED) is 0.535. The number of rotatable bonds is 7. The van der Waals surface area contributed by atoms with Gasteiger partial charge in [-0.05, 0) is 24.2 Å². The molecule has 0 fully saturated rings. The predicted octanol–water partition coefficient (Wildman–Crippen LogP) is 3.35. The molecule has 0 aliphatic rings. The normalized spacial score (nSPS) is 13.4. The van der Waals surface area contributed by atoms with Crippen molar-refractivity contribution in [3.63, 3.8) is 0 Å². The number of hydrogen-bond acceptors (Lipinski definition) is 3. The van der Waals surface area contributed by atoms with E-state index in [0.717, 1.165) is 0 Å². The van der Waals surface area contributed by atoms with E-state index in [0.29, 0.717) is 31.5 Å². The molecular weight excluding hydrogens is 266 g/mol. The zero-order valence-electron chi connectivity index (χ0n) is 15.0. The van der Waals surface area contributed by atoms with Crippen LogP contribution in [0.2, 0.25) is 0 Å². The Morgan fingerprint density at radius 3 is 1.71 bits per heavy atom. The molecule has 0 radical (unpaired) electrons. The summed E-state index contributed by atoms with van der Waals surface area (Å²) >= 11 is 0. The first kappa shape index (κ1) is 19.9. The molecule has 0 N–H and O–H groups in total. The van der Waals surface area contributed by atoms with Crippen molar-refractivity contribution >= 4 is 11.9 Å². The first-order valence-electron chi connectivity index (χ1n) is 7.96. The molecule has 0 aliphatic carbocycles. The van der Waals surface area contributed by atoms with E-state index in [2.05, 4.69) is 27.7 Å². The number of carbonyl (C=O) groups excluding carboxylic acids is 2. The molecule has 0 spiro atoms. The second-order valence-corrected chi connectivity index (χ2v) is 7.58. The van der Waals surface area contributed by atoms with Crippen molar-refractivity contribution in [1.29, 1.82) is 0 Å². The fraction of sp³-hybridized carbons (Fsp3) is 0.882. The van der Waals surface area contributed by atoms with Gasteiger partial charge in [0.05, 0.1) is 6.61 Å². The lowest BCUT2D eigenvalue weighted by Crippen LogP contribution is -2.48. The Bertz CT molecular complexity index is 332. The lowest BCUT2D eigenvalue weighted by atomic mass is 9.79. The summed E-state index contributed by atoms with van der Waals surface area (Å²) < 4.78 is 5.13. The lowest BCUT2D eigenvalue weighted by Gasteiger charge is -2.34. The van der Waals surface area contributed by atoms with Crippen molar-refractivity contribution in [2.24, 2.45) is 23.2 Å². The first-order valence-corrected chi connectivity index (χ1v) is 7.96. The number of amides is 1. The Labute approximate surface area is 130 Å². The minimum absolute atomic E-state index is 0.108. The van der Waals surface area contributed by atoms with Gasteiger partial charge in [0.1, 0.15) is 5.92 Å². The third kappa shape index (κ3) is 6.96. The highest BCUT2D eigenvalue weighted by Crippen LogP contribution is 2.29. The number of ether oxygens (including phenoxy) is 1. The molecule has 0 bridgehead atoms. The van der Waals surface area contributed by atoms with Crippen LogP contribution in [0.3, 0.4) is 0 Å². The highest BCUT2D eigenvalue weighted by atomic mass is 16.5. The summed E-state index contributed by atoms with van der Waals surface area (Å²) in [5.41, 5.74) is -0.449. The van der Waals surface area contributed by atoms with E-state index in [1.807, 2.05) is 25.7 Å². The molecule has 4 nitrogen and oxygen atoms in total.